The van der Waals surface area contributed by atoms with Crippen LogP contribution in [0.15, 0.2) is 95.9 Å². The van der Waals surface area contributed by atoms with Crippen LogP contribution in [0.1, 0.15) is 25.0 Å². The maximum atomic E-state index is 13.2. The Bertz CT molecular complexity index is 1040. The standard InChI is InChI=1S/C26H31NO3S/c1-22(19-30-20-23-13-7-4-8-14-23)26(2,24-15-9-5-10-16-24)21-27(3)31(28,29)25-17-11-6-12-18-25/h4-18,22H,19-21H2,1-3H3/t22-,26-/m0/s1. The van der Waals surface area contributed by atoms with Crippen molar-refractivity contribution in [3.05, 3.63) is 102 Å². The van der Waals surface area contributed by atoms with E-state index < -0.39 is 15.4 Å². The smallest absolute Gasteiger partial charge is 0.242 e. The van der Waals surface area contributed by atoms with E-state index in [1.807, 2.05) is 54.6 Å². The van der Waals surface area contributed by atoms with E-state index in [1.54, 1.807) is 31.3 Å². The first kappa shape index (κ1) is 23.2. The summed E-state index contributed by atoms with van der Waals surface area (Å²) in [5.74, 6) is 0.0898. The molecule has 2 atom stereocenters. The SMILES string of the molecule is C[C@@H](COCc1ccccc1)[C@](C)(CN(C)S(=O)(=O)c1ccccc1)c1ccccc1. The number of likely N-dealkylation sites (N-methyl/N-ethyl adjacent to an activating group) is 1. The summed E-state index contributed by atoms with van der Waals surface area (Å²) in [5.41, 5.74) is 1.80. The van der Waals surface area contributed by atoms with Gasteiger partial charge in [-0.2, -0.15) is 0 Å². The zero-order valence-corrected chi connectivity index (χ0v) is 19.3. The summed E-state index contributed by atoms with van der Waals surface area (Å²) in [6, 6.07) is 28.8. The Morgan fingerprint density at radius 3 is 1.97 bits per heavy atom. The van der Waals surface area contributed by atoms with E-state index in [4.69, 9.17) is 4.74 Å². The number of nitrogens with zero attached hydrogens (tertiary/aromatic N) is 1. The summed E-state index contributed by atoms with van der Waals surface area (Å²) < 4.78 is 33.8. The van der Waals surface area contributed by atoms with Crippen molar-refractivity contribution in [2.75, 3.05) is 20.2 Å². The van der Waals surface area contributed by atoms with Crippen molar-refractivity contribution >= 4 is 10.0 Å². The molecule has 0 bridgehead atoms. The van der Waals surface area contributed by atoms with Crippen LogP contribution in [0, 0.1) is 5.92 Å². The van der Waals surface area contributed by atoms with Gasteiger partial charge in [-0.3, -0.25) is 0 Å². The highest BCUT2D eigenvalue weighted by atomic mass is 32.2. The molecule has 0 fully saturated rings. The van der Waals surface area contributed by atoms with E-state index in [0.29, 0.717) is 24.7 Å². The van der Waals surface area contributed by atoms with Crippen molar-refractivity contribution < 1.29 is 13.2 Å². The Morgan fingerprint density at radius 1 is 0.871 bits per heavy atom. The van der Waals surface area contributed by atoms with Crippen LogP contribution in [0.3, 0.4) is 0 Å². The Hall–Kier alpha value is -2.47. The van der Waals surface area contributed by atoms with Gasteiger partial charge in [0.15, 0.2) is 0 Å². The fourth-order valence-electron chi connectivity index (χ4n) is 3.78. The van der Waals surface area contributed by atoms with Crippen LogP contribution in [0.5, 0.6) is 0 Å². The molecular weight excluding hydrogens is 406 g/mol. The average Bonchev–Trinajstić information content (AvgIpc) is 2.80. The summed E-state index contributed by atoms with van der Waals surface area (Å²) in [6.45, 7) is 5.66. The Kier molecular flexibility index (Phi) is 7.65. The second kappa shape index (κ2) is 10.2. The third-order valence-electron chi connectivity index (χ3n) is 6.00. The molecule has 0 radical (unpaired) electrons. The van der Waals surface area contributed by atoms with Gasteiger partial charge in [0.05, 0.1) is 18.1 Å². The van der Waals surface area contributed by atoms with Gasteiger partial charge >= 0.3 is 0 Å². The molecule has 0 amide bonds. The molecular formula is C26H31NO3S. The van der Waals surface area contributed by atoms with Crippen LogP contribution >= 0.6 is 0 Å². The zero-order chi connectivity index (χ0) is 22.3. The van der Waals surface area contributed by atoms with Crippen molar-refractivity contribution in [1.29, 1.82) is 0 Å². The van der Waals surface area contributed by atoms with Crippen LogP contribution in [0.2, 0.25) is 0 Å². The van der Waals surface area contributed by atoms with E-state index in [1.165, 1.54) is 4.31 Å². The van der Waals surface area contributed by atoms with E-state index >= 15 is 0 Å². The van der Waals surface area contributed by atoms with Gasteiger partial charge in [0.25, 0.3) is 0 Å². The first-order valence-electron chi connectivity index (χ1n) is 10.5. The molecule has 0 heterocycles. The second-order valence-electron chi connectivity index (χ2n) is 8.26. The number of ether oxygens (including phenoxy) is 1. The number of benzene rings is 3. The lowest BCUT2D eigenvalue weighted by Gasteiger charge is -2.39. The van der Waals surface area contributed by atoms with Gasteiger partial charge in [0.2, 0.25) is 10.0 Å². The van der Waals surface area contributed by atoms with Crippen LogP contribution < -0.4 is 0 Å². The highest BCUT2D eigenvalue weighted by Gasteiger charge is 2.37. The van der Waals surface area contributed by atoms with Gasteiger partial charge in [-0.25, -0.2) is 12.7 Å². The lowest BCUT2D eigenvalue weighted by atomic mass is 9.72. The van der Waals surface area contributed by atoms with Crippen LogP contribution in [0.4, 0.5) is 0 Å². The van der Waals surface area contributed by atoms with Crippen molar-refractivity contribution in [2.45, 2.75) is 30.8 Å². The molecule has 5 heteroatoms. The molecule has 0 aliphatic rings. The molecule has 0 aromatic heterocycles. The van der Waals surface area contributed by atoms with Crippen molar-refractivity contribution in [3.8, 4) is 0 Å². The Labute approximate surface area is 186 Å². The van der Waals surface area contributed by atoms with Crippen LogP contribution in [0.25, 0.3) is 0 Å². The van der Waals surface area contributed by atoms with Crippen molar-refractivity contribution in [1.82, 2.24) is 4.31 Å². The predicted molar refractivity (Wildman–Crippen MR) is 125 cm³/mol. The highest BCUT2D eigenvalue weighted by molar-refractivity contribution is 7.89. The summed E-state index contributed by atoms with van der Waals surface area (Å²) in [7, 11) is -1.93. The second-order valence-corrected chi connectivity index (χ2v) is 10.3. The van der Waals surface area contributed by atoms with Gasteiger partial charge in [-0.15, -0.1) is 0 Å². The van der Waals surface area contributed by atoms with Gasteiger partial charge in [0.1, 0.15) is 0 Å². The lowest BCUT2D eigenvalue weighted by Crippen LogP contribution is -2.45. The summed E-state index contributed by atoms with van der Waals surface area (Å²) >= 11 is 0. The summed E-state index contributed by atoms with van der Waals surface area (Å²) in [4.78, 5) is 0.306. The summed E-state index contributed by atoms with van der Waals surface area (Å²) in [6.07, 6.45) is 0. The molecule has 0 saturated heterocycles. The fourth-order valence-corrected chi connectivity index (χ4v) is 5.08. The molecule has 4 nitrogen and oxygen atoms in total. The zero-order valence-electron chi connectivity index (χ0n) is 18.4. The van der Waals surface area contributed by atoms with E-state index in [2.05, 4.69) is 26.0 Å². The Balaban J connectivity index is 1.80. The lowest BCUT2D eigenvalue weighted by molar-refractivity contribution is 0.0615. The van der Waals surface area contributed by atoms with E-state index in [9.17, 15) is 8.42 Å². The van der Waals surface area contributed by atoms with E-state index in [-0.39, 0.29) is 5.92 Å². The van der Waals surface area contributed by atoms with Gasteiger partial charge in [-0.1, -0.05) is 92.7 Å². The normalized spacial score (nSPS) is 14.8. The molecule has 0 saturated carbocycles. The monoisotopic (exact) mass is 437 g/mol. The maximum Gasteiger partial charge on any atom is 0.242 e. The predicted octanol–water partition coefficient (Wildman–Crippen LogP) is 5.12. The molecule has 0 N–H and O–H groups in total. The quantitative estimate of drug-likeness (QED) is 0.442. The van der Waals surface area contributed by atoms with Crippen LogP contribution in [-0.2, 0) is 26.8 Å². The molecule has 3 aromatic carbocycles. The van der Waals surface area contributed by atoms with Gasteiger partial charge in [-0.05, 0) is 29.2 Å². The van der Waals surface area contributed by atoms with Crippen molar-refractivity contribution in [3.63, 3.8) is 0 Å². The molecule has 31 heavy (non-hydrogen) atoms. The number of rotatable bonds is 10. The molecule has 164 valence electrons. The summed E-state index contributed by atoms with van der Waals surface area (Å²) in [5, 5.41) is 0. The minimum absolute atomic E-state index is 0.0898. The Morgan fingerprint density at radius 2 is 1.39 bits per heavy atom. The van der Waals surface area contributed by atoms with Crippen LogP contribution in [-0.4, -0.2) is 32.9 Å². The first-order valence-corrected chi connectivity index (χ1v) is 12.0. The molecule has 0 spiro atoms. The largest absolute Gasteiger partial charge is 0.376 e. The first-order chi connectivity index (χ1) is 14.8. The number of hydrogen-bond donors (Lipinski definition) is 0. The van der Waals surface area contributed by atoms with E-state index in [0.717, 1.165) is 11.1 Å². The van der Waals surface area contributed by atoms with Gasteiger partial charge < -0.3 is 4.74 Å². The maximum absolute atomic E-state index is 13.2. The molecule has 3 rings (SSSR count). The molecule has 0 aliphatic carbocycles. The fraction of sp³-hybridized carbons (Fsp3) is 0.308. The van der Waals surface area contributed by atoms with Gasteiger partial charge in [0, 0.05) is 19.0 Å². The minimum atomic E-state index is -3.58. The minimum Gasteiger partial charge on any atom is -0.376 e. The van der Waals surface area contributed by atoms with Crippen molar-refractivity contribution in [2.24, 2.45) is 5.92 Å². The number of sulfonamides is 1. The topological polar surface area (TPSA) is 46.6 Å². The number of hydrogen-bond acceptors (Lipinski definition) is 3. The average molecular weight is 438 g/mol. The third-order valence-corrected chi connectivity index (χ3v) is 7.82. The molecule has 3 aromatic rings. The highest BCUT2D eigenvalue weighted by Crippen LogP contribution is 2.34. The molecule has 0 unspecified atom stereocenters. The molecule has 0 aliphatic heterocycles. The third kappa shape index (κ3) is 5.62.